The van der Waals surface area contributed by atoms with Gasteiger partial charge in [0.05, 0.1) is 0 Å². The van der Waals surface area contributed by atoms with E-state index in [9.17, 15) is 0 Å². The Labute approximate surface area is 118 Å². The first-order valence-electron chi connectivity index (χ1n) is 0. The van der Waals surface area contributed by atoms with Gasteiger partial charge in [0, 0.05) is 44.8 Å². The van der Waals surface area contributed by atoms with Crippen LogP contribution in [0.2, 0.25) is 0 Å². The summed E-state index contributed by atoms with van der Waals surface area (Å²) < 4.78 is 0. The Balaban J connectivity index is 0. The molecule has 0 bridgehead atoms. The van der Waals surface area contributed by atoms with E-state index in [-0.39, 0.29) is 119 Å². The van der Waals surface area contributed by atoms with E-state index in [1.165, 1.54) is 0 Å². The quantitative estimate of drug-likeness (QED) is 0.240. The zero-order valence-electron chi connectivity index (χ0n) is 2.93. The Bertz CT molecular complexity index is 6.49. The molecule has 0 aromatic rings. The van der Waals surface area contributed by atoms with Gasteiger partial charge < -0.3 is 49.6 Å². The molecule has 0 amide bonds. The van der Waals surface area contributed by atoms with Gasteiger partial charge in [0.1, 0.15) is 0 Å². The molecule has 0 saturated heterocycles. The Morgan fingerprint density at radius 1 is 0.375 bits per heavy atom. The number of hydrogen-bond acceptors (Lipinski definition) is 0. The van der Waals surface area contributed by atoms with E-state index < -0.39 is 0 Å². The topological polar surface area (TPSA) is 0 Å². The van der Waals surface area contributed by atoms with Gasteiger partial charge >= 0.3 is 0 Å². The van der Waals surface area contributed by atoms with Crippen LogP contribution in [-0.2, 0) is 44.8 Å². The molecule has 0 spiro atoms. The summed E-state index contributed by atoms with van der Waals surface area (Å²) in [5.74, 6) is 0. The van der Waals surface area contributed by atoms with Crippen molar-refractivity contribution in [1.82, 2.24) is 0 Å². The minimum atomic E-state index is 0. The van der Waals surface area contributed by atoms with Gasteiger partial charge in [-0.1, -0.05) is 0 Å². The van der Waals surface area contributed by atoms with Crippen molar-refractivity contribution in [3.05, 3.63) is 0 Å². The zero-order chi connectivity index (χ0) is 0. The summed E-state index contributed by atoms with van der Waals surface area (Å²) in [5.41, 5.74) is 0. The van der Waals surface area contributed by atoms with E-state index in [4.69, 9.17) is 0 Å². The normalized spacial score (nSPS) is 0. The summed E-state index contributed by atoms with van der Waals surface area (Å²) in [5, 5.41) is 0. The molecule has 0 fully saturated rings. The van der Waals surface area contributed by atoms with Crippen molar-refractivity contribution in [2.24, 2.45) is 0 Å². The first-order chi connectivity index (χ1) is 0. The SMILES string of the molecule is Cl.Cl.[Au].[Au].[Cl-].[Cl-].[Cl-].[Cl-]. The molecule has 0 aliphatic rings. The fourth-order valence-electron chi connectivity index (χ4n) is 0. The van der Waals surface area contributed by atoms with E-state index in [1.807, 2.05) is 0 Å². The van der Waals surface area contributed by atoms with Crippen molar-refractivity contribution >= 4 is 24.8 Å². The second kappa shape index (κ2) is 83.8. The van der Waals surface area contributed by atoms with Crippen LogP contribution in [0.5, 0.6) is 0 Å². The van der Waals surface area contributed by atoms with Crippen molar-refractivity contribution in [2.75, 3.05) is 0 Å². The summed E-state index contributed by atoms with van der Waals surface area (Å²) in [4.78, 5) is 0. The molecule has 0 N–H and O–H groups in total. The summed E-state index contributed by atoms with van der Waals surface area (Å²) in [6.45, 7) is 0. The Morgan fingerprint density at radius 2 is 0.375 bits per heavy atom. The van der Waals surface area contributed by atoms with Gasteiger partial charge in [-0.05, 0) is 0 Å². The van der Waals surface area contributed by atoms with Gasteiger partial charge in [-0.2, -0.15) is 0 Å². The van der Waals surface area contributed by atoms with Crippen LogP contribution in [-0.4, -0.2) is 0 Å². The molecule has 70 valence electrons. The average Bonchev–Trinajstić information content (AvgIpc) is 0. The van der Waals surface area contributed by atoms with Crippen molar-refractivity contribution in [3.8, 4) is 0 Å². The van der Waals surface area contributed by atoms with Crippen molar-refractivity contribution in [2.45, 2.75) is 0 Å². The van der Waals surface area contributed by atoms with Gasteiger partial charge in [0.15, 0.2) is 0 Å². The predicted molar refractivity (Wildman–Crippen MR) is 14.5 cm³/mol. The van der Waals surface area contributed by atoms with Gasteiger partial charge in [0.2, 0.25) is 0 Å². The maximum atomic E-state index is 0. The second-order valence-electron chi connectivity index (χ2n) is 0. The van der Waals surface area contributed by atoms with Crippen LogP contribution in [0.25, 0.3) is 0 Å². The van der Waals surface area contributed by atoms with Gasteiger partial charge in [0.25, 0.3) is 0 Å². The number of hydrogen-bond donors (Lipinski definition) is 0. The average molecular weight is 609 g/mol. The second-order valence-corrected chi connectivity index (χ2v) is 0. The molecule has 0 aliphatic carbocycles. The summed E-state index contributed by atoms with van der Waals surface area (Å²) >= 11 is 0. The summed E-state index contributed by atoms with van der Waals surface area (Å²) in [7, 11) is 0. The molecule has 0 aliphatic heterocycles. The van der Waals surface area contributed by atoms with Crippen LogP contribution in [0.4, 0.5) is 0 Å². The van der Waals surface area contributed by atoms with Crippen LogP contribution >= 0.6 is 24.8 Å². The minimum Gasteiger partial charge on any atom is -1.00 e. The molecule has 0 rings (SSSR count). The third-order valence-electron chi connectivity index (χ3n) is 0. The molecule has 0 aromatic heterocycles. The van der Waals surface area contributed by atoms with E-state index >= 15 is 0 Å². The molecule has 0 heterocycles. The van der Waals surface area contributed by atoms with Crippen molar-refractivity contribution < 1.29 is 94.4 Å². The monoisotopic (exact) mass is 606 g/mol. The van der Waals surface area contributed by atoms with E-state index in [0.29, 0.717) is 0 Å². The third kappa shape index (κ3) is 60.1. The van der Waals surface area contributed by atoms with E-state index in [1.54, 1.807) is 0 Å². The van der Waals surface area contributed by atoms with Crippen molar-refractivity contribution in [1.29, 1.82) is 0 Å². The number of rotatable bonds is 0. The molecular formula is H2Au2Cl6-4. The van der Waals surface area contributed by atoms with Crippen LogP contribution in [0.15, 0.2) is 0 Å². The summed E-state index contributed by atoms with van der Waals surface area (Å²) in [6, 6.07) is 0. The van der Waals surface area contributed by atoms with Crippen LogP contribution < -0.4 is 49.6 Å². The maximum Gasteiger partial charge on any atom is 0 e. The van der Waals surface area contributed by atoms with Crippen molar-refractivity contribution in [3.63, 3.8) is 0 Å². The van der Waals surface area contributed by atoms with Gasteiger partial charge in [-0.25, -0.2) is 0 Å². The standard InChI is InChI=1S/2Au.6ClH/h;;6*1H/p-4. The zero-order valence-corrected chi connectivity index (χ0v) is 11.9. The predicted octanol–water partition coefficient (Wildman–Crippen LogP) is -11.1. The maximum absolute atomic E-state index is 0. The molecule has 0 saturated carbocycles. The Morgan fingerprint density at radius 3 is 0.375 bits per heavy atom. The Hall–Kier alpha value is 3.22. The number of halogens is 6. The molecular weight excluding hydrogens is 607 g/mol. The summed E-state index contributed by atoms with van der Waals surface area (Å²) in [6.07, 6.45) is 0. The smallest absolute Gasteiger partial charge is 0 e. The molecule has 8 heavy (non-hydrogen) atoms. The minimum absolute atomic E-state index is 0. The fourth-order valence-corrected chi connectivity index (χ4v) is 0. The van der Waals surface area contributed by atoms with Crippen LogP contribution in [0.1, 0.15) is 0 Å². The largest absolute Gasteiger partial charge is 1.00 e. The first-order valence-corrected chi connectivity index (χ1v) is 0. The first kappa shape index (κ1) is 113. The molecule has 0 unspecified atom stereocenters. The third-order valence-corrected chi connectivity index (χ3v) is 0. The molecule has 2 radical (unpaired) electrons. The Kier molecular flexibility index (Phi) is 1180. The molecule has 8 heteroatoms. The van der Waals surface area contributed by atoms with Gasteiger partial charge in [-0.3, -0.25) is 0 Å². The van der Waals surface area contributed by atoms with Gasteiger partial charge in [-0.15, -0.1) is 24.8 Å². The van der Waals surface area contributed by atoms with E-state index in [2.05, 4.69) is 0 Å². The van der Waals surface area contributed by atoms with Crippen LogP contribution in [0.3, 0.4) is 0 Å². The fraction of sp³-hybridized carbons (Fsp3) is 0. The molecule has 0 nitrogen and oxygen atoms in total. The molecule has 0 aromatic carbocycles. The molecule has 0 atom stereocenters. The van der Waals surface area contributed by atoms with Crippen LogP contribution in [0, 0.1) is 0 Å². The van der Waals surface area contributed by atoms with E-state index in [0.717, 1.165) is 0 Å².